The summed E-state index contributed by atoms with van der Waals surface area (Å²) in [6, 6.07) is 20.3. The quantitative estimate of drug-likeness (QED) is 0.117. The van der Waals surface area contributed by atoms with Gasteiger partial charge < -0.3 is 30.7 Å². The highest BCUT2D eigenvalue weighted by Gasteiger charge is 2.31. The number of thiazole rings is 1. The van der Waals surface area contributed by atoms with Gasteiger partial charge in [0, 0.05) is 36.4 Å². The molecule has 4 atom stereocenters. The van der Waals surface area contributed by atoms with Crippen molar-refractivity contribution in [1.29, 1.82) is 0 Å². The third-order valence-electron chi connectivity index (χ3n) is 8.23. The van der Waals surface area contributed by atoms with Crippen LogP contribution in [0.1, 0.15) is 54.6 Å². The zero-order valence-electron chi connectivity index (χ0n) is 29.1. The fourth-order valence-electron chi connectivity index (χ4n) is 5.49. The summed E-state index contributed by atoms with van der Waals surface area (Å²) in [6.07, 6.45) is 3.25. The Balaban J connectivity index is 1.47. The van der Waals surface area contributed by atoms with Crippen molar-refractivity contribution in [3.05, 3.63) is 118 Å². The lowest BCUT2D eigenvalue weighted by atomic mass is 9.93. The predicted octanol–water partition coefficient (Wildman–Crippen LogP) is 5.28. The Bertz CT molecular complexity index is 1620. The van der Waals surface area contributed by atoms with Gasteiger partial charge in [-0.1, -0.05) is 87.5 Å². The average molecular weight is 701 g/mol. The molecule has 0 saturated carbocycles. The molecule has 50 heavy (non-hydrogen) atoms. The van der Waals surface area contributed by atoms with Gasteiger partial charge in [0.2, 0.25) is 5.91 Å². The van der Waals surface area contributed by atoms with Gasteiger partial charge in [-0.05, 0) is 48.8 Å². The molecular formula is C38H48N6O5S. The van der Waals surface area contributed by atoms with Crippen LogP contribution in [0.4, 0.5) is 9.59 Å². The average Bonchev–Trinajstić information content (AvgIpc) is 3.57. The van der Waals surface area contributed by atoms with E-state index in [9.17, 15) is 19.5 Å². The van der Waals surface area contributed by atoms with Crippen molar-refractivity contribution in [2.45, 2.75) is 83.8 Å². The summed E-state index contributed by atoms with van der Waals surface area (Å²) in [5.41, 5.74) is 3.42. The van der Waals surface area contributed by atoms with Crippen LogP contribution in [0.3, 0.4) is 0 Å². The number of alkyl carbamates (subject to hydrolysis) is 1. The second-order valence-corrected chi connectivity index (χ2v) is 13.6. The predicted molar refractivity (Wildman–Crippen MR) is 194 cm³/mol. The number of rotatable bonds is 17. The maximum atomic E-state index is 13.9. The Morgan fingerprint density at radius 1 is 0.900 bits per heavy atom. The van der Waals surface area contributed by atoms with Gasteiger partial charge in [0.25, 0.3) is 0 Å². The molecule has 0 aliphatic heterocycles. The highest BCUT2D eigenvalue weighted by molar-refractivity contribution is 7.09. The molecule has 11 nitrogen and oxygen atoms in total. The summed E-state index contributed by atoms with van der Waals surface area (Å²) in [7, 11) is 1.67. The first kappa shape index (κ1) is 38.0. The zero-order chi connectivity index (χ0) is 35.9. The summed E-state index contributed by atoms with van der Waals surface area (Å²) < 4.78 is 5.45. The Kier molecular flexibility index (Phi) is 14.7. The molecule has 266 valence electrons. The number of hydrogen-bond donors (Lipinski definition) is 4. The van der Waals surface area contributed by atoms with Crippen LogP contribution in [-0.4, -0.2) is 69.3 Å². The molecule has 0 saturated heterocycles. The van der Waals surface area contributed by atoms with Crippen LogP contribution in [0.15, 0.2) is 90.6 Å². The number of hydrogen-bond acceptors (Lipinski definition) is 8. The number of aryl methyl sites for hydroxylation is 1. The minimum Gasteiger partial charge on any atom is -0.445 e. The maximum Gasteiger partial charge on any atom is 0.407 e. The molecule has 2 heterocycles. The number of urea groups is 1. The minimum absolute atomic E-state index is 0.0293. The molecule has 0 unspecified atom stereocenters. The molecule has 12 heteroatoms. The van der Waals surface area contributed by atoms with E-state index in [1.165, 1.54) is 4.90 Å². The number of benzene rings is 2. The first-order valence-electron chi connectivity index (χ1n) is 16.9. The summed E-state index contributed by atoms with van der Waals surface area (Å²) in [4.78, 5) is 50.1. The Labute approximate surface area is 298 Å². The highest BCUT2D eigenvalue weighted by Crippen LogP contribution is 2.16. The SMILES string of the molecule is CCc1nc(CN(C)C(=O)N[C@H](C(=O)N[C@@H](Cc2ccccc2)C[C@H](O)[C@H](Cc2ccccc2)NC(=O)OCc2cccnc2)C(C)C)cs1. The zero-order valence-corrected chi connectivity index (χ0v) is 29.9. The van der Waals surface area contributed by atoms with Gasteiger partial charge in [-0.2, -0.15) is 0 Å². The van der Waals surface area contributed by atoms with Crippen LogP contribution in [-0.2, 0) is 41.9 Å². The number of pyridine rings is 1. The molecule has 0 bridgehead atoms. The van der Waals surface area contributed by atoms with Crippen molar-refractivity contribution in [2.24, 2.45) is 5.92 Å². The Morgan fingerprint density at radius 2 is 1.56 bits per heavy atom. The number of carbonyl (C=O) groups is 3. The van der Waals surface area contributed by atoms with Crippen molar-refractivity contribution in [3.63, 3.8) is 0 Å². The monoisotopic (exact) mass is 700 g/mol. The van der Waals surface area contributed by atoms with Gasteiger partial charge in [-0.3, -0.25) is 9.78 Å². The molecule has 0 radical (unpaired) electrons. The number of nitrogens with zero attached hydrogens (tertiary/aromatic N) is 3. The second kappa shape index (κ2) is 19.4. The summed E-state index contributed by atoms with van der Waals surface area (Å²) in [5.74, 6) is -0.581. The minimum atomic E-state index is -1.06. The van der Waals surface area contributed by atoms with Crippen LogP contribution in [0.25, 0.3) is 0 Å². The maximum absolute atomic E-state index is 13.9. The van der Waals surface area contributed by atoms with E-state index in [-0.39, 0.29) is 30.9 Å². The van der Waals surface area contributed by atoms with Crippen molar-refractivity contribution >= 4 is 29.4 Å². The Hall–Kier alpha value is -4.81. The molecule has 0 aliphatic carbocycles. The smallest absolute Gasteiger partial charge is 0.407 e. The van der Waals surface area contributed by atoms with Gasteiger partial charge in [-0.15, -0.1) is 11.3 Å². The molecule has 4 aromatic rings. The molecule has 4 amide bonds. The largest absolute Gasteiger partial charge is 0.445 e. The fraction of sp³-hybridized carbons (Fsp3) is 0.395. The number of aliphatic hydroxyl groups is 1. The van der Waals surface area contributed by atoms with Crippen molar-refractivity contribution in [3.8, 4) is 0 Å². The molecule has 0 spiro atoms. The number of aliphatic hydroxyl groups excluding tert-OH is 1. The van der Waals surface area contributed by atoms with Gasteiger partial charge in [-0.25, -0.2) is 14.6 Å². The van der Waals surface area contributed by atoms with Gasteiger partial charge >= 0.3 is 12.1 Å². The summed E-state index contributed by atoms with van der Waals surface area (Å²) in [5, 5.41) is 23.5. The number of amides is 4. The summed E-state index contributed by atoms with van der Waals surface area (Å²) in [6.45, 7) is 6.13. The molecule has 4 N–H and O–H groups in total. The number of ether oxygens (including phenoxy) is 1. The van der Waals surface area contributed by atoms with E-state index in [0.29, 0.717) is 19.4 Å². The molecule has 2 aromatic heterocycles. The van der Waals surface area contributed by atoms with Crippen molar-refractivity contribution in [2.75, 3.05) is 7.05 Å². The van der Waals surface area contributed by atoms with Crippen LogP contribution < -0.4 is 16.0 Å². The van der Waals surface area contributed by atoms with Crippen molar-refractivity contribution in [1.82, 2.24) is 30.8 Å². The van der Waals surface area contributed by atoms with E-state index in [2.05, 4.69) is 25.9 Å². The van der Waals surface area contributed by atoms with Crippen LogP contribution >= 0.6 is 11.3 Å². The van der Waals surface area contributed by atoms with Gasteiger partial charge in [0.1, 0.15) is 12.6 Å². The highest BCUT2D eigenvalue weighted by atomic mass is 32.1. The normalized spacial score (nSPS) is 13.5. The lowest BCUT2D eigenvalue weighted by Crippen LogP contribution is -2.55. The lowest BCUT2D eigenvalue weighted by molar-refractivity contribution is -0.124. The first-order valence-corrected chi connectivity index (χ1v) is 17.8. The number of nitrogens with one attached hydrogen (secondary N) is 3. The van der Waals surface area contributed by atoms with E-state index < -0.39 is 30.3 Å². The third-order valence-corrected chi connectivity index (χ3v) is 9.27. The van der Waals surface area contributed by atoms with Gasteiger partial charge in [0.15, 0.2) is 0 Å². The van der Waals surface area contributed by atoms with Crippen LogP contribution in [0.2, 0.25) is 0 Å². The van der Waals surface area contributed by atoms with Gasteiger partial charge in [0.05, 0.1) is 29.4 Å². The Morgan fingerprint density at radius 3 is 2.16 bits per heavy atom. The van der Waals surface area contributed by atoms with E-state index in [1.54, 1.807) is 42.9 Å². The molecule has 4 rings (SSSR count). The standard InChI is InChI=1S/C38H48N6O5S/c1-5-34-40-31(25-50-34)23-44(4)37(47)43-35(26(2)3)36(46)41-30(19-27-13-8-6-9-14-27)21-33(45)32(20-28-15-10-7-11-16-28)42-38(48)49-24-29-17-12-18-39-22-29/h6-18,22,25-26,30,32-33,35,45H,5,19-21,23-24H2,1-4H3,(H,41,46)(H,42,48)(H,43,47)/t30-,32-,33-,35-/m0/s1. The topological polar surface area (TPSA) is 146 Å². The number of carbonyl (C=O) groups excluding carboxylic acids is 3. The van der Waals surface area contributed by atoms with E-state index >= 15 is 0 Å². The fourth-order valence-corrected chi connectivity index (χ4v) is 6.23. The van der Waals surface area contributed by atoms with E-state index in [0.717, 1.165) is 33.8 Å². The first-order chi connectivity index (χ1) is 24.1. The van der Waals surface area contributed by atoms with Crippen LogP contribution in [0.5, 0.6) is 0 Å². The lowest BCUT2D eigenvalue weighted by Gasteiger charge is -2.30. The molecular weight excluding hydrogens is 653 g/mol. The molecule has 0 fully saturated rings. The molecule has 2 aromatic carbocycles. The molecule has 0 aliphatic rings. The second-order valence-electron chi connectivity index (χ2n) is 12.7. The van der Waals surface area contributed by atoms with Crippen molar-refractivity contribution < 1.29 is 24.2 Å². The third kappa shape index (κ3) is 12.3. The number of aromatic nitrogens is 2. The van der Waals surface area contributed by atoms with E-state index in [1.807, 2.05) is 86.8 Å². The van der Waals surface area contributed by atoms with Crippen LogP contribution in [0, 0.1) is 5.92 Å². The van der Waals surface area contributed by atoms with E-state index in [4.69, 9.17) is 4.74 Å². The summed E-state index contributed by atoms with van der Waals surface area (Å²) >= 11 is 1.56.